The van der Waals surface area contributed by atoms with Gasteiger partial charge in [0.2, 0.25) is 0 Å². The fourth-order valence-electron chi connectivity index (χ4n) is 3.65. The number of nitrogens with zero attached hydrogens (tertiary/aromatic N) is 3. The molecule has 172 valence electrons. The molecule has 0 fully saturated rings. The van der Waals surface area contributed by atoms with Crippen LogP contribution in [-0.2, 0) is 6.54 Å². The van der Waals surface area contributed by atoms with E-state index in [1.807, 2.05) is 65.9 Å². The normalized spacial score (nSPS) is 12.4. The summed E-state index contributed by atoms with van der Waals surface area (Å²) in [5, 5.41) is 0.591. The summed E-state index contributed by atoms with van der Waals surface area (Å²) < 4.78 is 20.7. The molecule has 0 spiro atoms. The van der Waals surface area contributed by atoms with Crippen LogP contribution in [0.4, 0.5) is 4.39 Å². The van der Waals surface area contributed by atoms with Crippen molar-refractivity contribution in [3.63, 3.8) is 0 Å². The maximum atomic E-state index is 12.6. The van der Waals surface area contributed by atoms with Crippen LogP contribution in [0.3, 0.4) is 0 Å². The Hall–Kier alpha value is -2.94. The van der Waals surface area contributed by atoms with Crippen LogP contribution in [0.15, 0.2) is 54.9 Å². The van der Waals surface area contributed by atoms with Crippen molar-refractivity contribution in [1.82, 2.24) is 14.3 Å². The first-order valence-electron chi connectivity index (χ1n) is 10.4. The number of carbonyl (C=O) groups is 1. The summed E-state index contributed by atoms with van der Waals surface area (Å²) in [5.74, 6) is -0.154. The molecule has 0 saturated carbocycles. The number of amides is 1. The van der Waals surface area contributed by atoms with Gasteiger partial charge >= 0.3 is 0 Å². The van der Waals surface area contributed by atoms with Gasteiger partial charge in [0.1, 0.15) is 29.1 Å². The lowest BCUT2D eigenvalue weighted by molar-refractivity contribution is 0.0998. The Morgan fingerprint density at radius 2 is 2.12 bits per heavy atom. The molecule has 2 N–H and O–H groups in total. The molecule has 3 aromatic heterocycles. The monoisotopic (exact) mass is 486 g/mol. The van der Waals surface area contributed by atoms with Crippen LogP contribution >= 0.6 is 22.9 Å². The van der Waals surface area contributed by atoms with Gasteiger partial charge in [-0.3, -0.25) is 14.1 Å². The molecule has 0 saturated heterocycles. The molecule has 3 heterocycles. The lowest BCUT2D eigenvalue weighted by Gasteiger charge is -2.16. The molecule has 0 radical (unpaired) electrons. The van der Waals surface area contributed by atoms with Gasteiger partial charge in [-0.1, -0.05) is 35.9 Å². The van der Waals surface area contributed by atoms with Crippen molar-refractivity contribution < 1.29 is 13.9 Å². The van der Waals surface area contributed by atoms with Crippen molar-refractivity contribution in [1.29, 1.82) is 0 Å². The SMILES string of the molecule is C[C@@H](Oc1cc(-c2cnc3ccc(CN(C)CCF)cn23)sc1C(N)=O)c1ccccc1Cl. The van der Waals surface area contributed by atoms with Gasteiger partial charge in [-0.15, -0.1) is 11.3 Å². The number of hydrogen-bond donors (Lipinski definition) is 1. The van der Waals surface area contributed by atoms with E-state index in [9.17, 15) is 9.18 Å². The summed E-state index contributed by atoms with van der Waals surface area (Å²) in [6.07, 6.45) is 3.35. The predicted octanol–water partition coefficient (Wildman–Crippen LogP) is 5.36. The van der Waals surface area contributed by atoms with Crippen LogP contribution in [0.5, 0.6) is 5.75 Å². The highest BCUT2D eigenvalue weighted by atomic mass is 35.5. The van der Waals surface area contributed by atoms with Crippen LogP contribution in [0, 0.1) is 0 Å². The zero-order valence-corrected chi connectivity index (χ0v) is 19.9. The molecule has 0 aliphatic carbocycles. The van der Waals surface area contributed by atoms with Gasteiger partial charge in [0.25, 0.3) is 5.91 Å². The maximum Gasteiger partial charge on any atom is 0.262 e. The molecule has 33 heavy (non-hydrogen) atoms. The van der Waals surface area contributed by atoms with Crippen molar-refractivity contribution in [3.05, 3.63) is 75.9 Å². The number of rotatable bonds is 9. The zero-order chi connectivity index (χ0) is 23.5. The van der Waals surface area contributed by atoms with Gasteiger partial charge in [0.05, 0.1) is 16.8 Å². The maximum absolute atomic E-state index is 12.6. The van der Waals surface area contributed by atoms with E-state index in [-0.39, 0.29) is 6.10 Å². The minimum Gasteiger partial charge on any atom is -0.484 e. The highest BCUT2D eigenvalue weighted by Gasteiger charge is 2.21. The van der Waals surface area contributed by atoms with Gasteiger partial charge in [0.15, 0.2) is 0 Å². The zero-order valence-electron chi connectivity index (χ0n) is 18.3. The Morgan fingerprint density at radius 1 is 1.33 bits per heavy atom. The number of benzene rings is 1. The largest absolute Gasteiger partial charge is 0.484 e. The molecule has 1 aromatic carbocycles. The van der Waals surface area contributed by atoms with Crippen molar-refractivity contribution in [3.8, 4) is 16.3 Å². The van der Waals surface area contributed by atoms with Gasteiger partial charge < -0.3 is 10.5 Å². The minimum atomic E-state index is -0.560. The quantitative estimate of drug-likeness (QED) is 0.346. The number of carbonyl (C=O) groups excluding carboxylic acids is 1. The average molecular weight is 487 g/mol. The Kier molecular flexibility index (Phi) is 6.97. The first kappa shape index (κ1) is 23.2. The van der Waals surface area contributed by atoms with E-state index in [2.05, 4.69) is 4.98 Å². The summed E-state index contributed by atoms with van der Waals surface area (Å²) in [4.78, 5) is 19.7. The summed E-state index contributed by atoms with van der Waals surface area (Å²) in [7, 11) is 1.88. The molecular weight excluding hydrogens is 463 g/mol. The third-order valence-corrected chi connectivity index (χ3v) is 6.80. The number of nitrogens with two attached hydrogens (primary N) is 1. The topological polar surface area (TPSA) is 72.9 Å². The standard InChI is InChI=1S/C24H24ClFN4O2S/c1-15(17-5-3-4-6-18(17)25)32-20-11-21(33-23(20)24(27)31)19-12-28-22-8-7-16(14-30(19)22)13-29(2)10-9-26/h3-8,11-12,14-15H,9-10,13H2,1-2H3,(H2,27,31)/t15-/m1/s1. The molecule has 9 heteroatoms. The summed E-state index contributed by atoms with van der Waals surface area (Å²) >= 11 is 7.56. The van der Waals surface area contributed by atoms with E-state index in [0.29, 0.717) is 28.7 Å². The van der Waals surface area contributed by atoms with Crippen molar-refractivity contribution >= 4 is 34.5 Å². The summed E-state index contributed by atoms with van der Waals surface area (Å²) in [5.41, 5.74) is 9.07. The molecule has 4 aromatic rings. The Labute approximate surface area is 200 Å². The number of fused-ring (bicyclic) bond motifs is 1. The summed E-state index contributed by atoms with van der Waals surface area (Å²) in [6.45, 7) is 2.46. The Bertz CT molecular complexity index is 1290. The molecule has 0 bridgehead atoms. The number of aromatic nitrogens is 2. The van der Waals surface area contributed by atoms with Gasteiger partial charge in [0, 0.05) is 35.9 Å². The van der Waals surface area contributed by atoms with Gasteiger partial charge in [-0.25, -0.2) is 9.37 Å². The third-order valence-electron chi connectivity index (χ3n) is 5.31. The second kappa shape index (κ2) is 9.91. The lowest BCUT2D eigenvalue weighted by Crippen LogP contribution is -2.20. The fraction of sp³-hybridized carbons (Fsp3) is 0.250. The third kappa shape index (κ3) is 5.03. The van der Waals surface area contributed by atoms with Crippen LogP contribution in [0.25, 0.3) is 16.2 Å². The second-order valence-corrected chi connectivity index (χ2v) is 9.25. The molecule has 4 rings (SSSR count). The summed E-state index contributed by atoms with van der Waals surface area (Å²) in [6, 6.07) is 13.1. The first-order valence-corrected chi connectivity index (χ1v) is 11.6. The minimum absolute atomic E-state index is 0.331. The highest BCUT2D eigenvalue weighted by molar-refractivity contribution is 7.17. The van der Waals surface area contributed by atoms with Gasteiger partial charge in [-0.05, 0) is 31.7 Å². The predicted molar refractivity (Wildman–Crippen MR) is 130 cm³/mol. The van der Waals surface area contributed by atoms with Crippen LogP contribution in [0.2, 0.25) is 5.02 Å². The molecule has 0 aliphatic heterocycles. The molecular formula is C24H24ClFN4O2S. The number of primary amides is 1. The number of halogens is 2. The van der Waals surface area contributed by atoms with E-state index in [1.165, 1.54) is 11.3 Å². The highest BCUT2D eigenvalue weighted by Crippen LogP contribution is 2.39. The molecule has 0 unspecified atom stereocenters. The number of thiophene rings is 1. The molecule has 1 atom stereocenters. The average Bonchev–Trinajstić information content (AvgIpc) is 3.38. The van der Waals surface area contributed by atoms with Crippen LogP contribution < -0.4 is 10.5 Å². The van der Waals surface area contributed by atoms with E-state index in [0.717, 1.165) is 27.3 Å². The molecule has 6 nitrogen and oxygen atoms in total. The van der Waals surface area contributed by atoms with Crippen LogP contribution in [-0.4, -0.2) is 40.5 Å². The lowest BCUT2D eigenvalue weighted by atomic mass is 10.1. The van der Waals surface area contributed by atoms with Crippen molar-refractivity contribution in [2.45, 2.75) is 19.6 Å². The van der Waals surface area contributed by atoms with E-state index < -0.39 is 12.6 Å². The molecule has 1 amide bonds. The Morgan fingerprint density at radius 3 is 2.85 bits per heavy atom. The number of imidazole rings is 1. The van der Waals surface area contributed by atoms with E-state index in [4.69, 9.17) is 22.1 Å². The van der Waals surface area contributed by atoms with E-state index in [1.54, 1.807) is 12.3 Å². The first-order chi connectivity index (χ1) is 15.9. The number of pyridine rings is 1. The molecule has 0 aliphatic rings. The van der Waals surface area contributed by atoms with Crippen LogP contribution in [0.1, 0.15) is 33.8 Å². The van der Waals surface area contributed by atoms with E-state index >= 15 is 0 Å². The van der Waals surface area contributed by atoms with Gasteiger partial charge in [-0.2, -0.15) is 0 Å². The fourth-order valence-corrected chi connectivity index (χ4v) is 4.89. The van der Waals surface area contributed by atoms with Crippen molar-refractivity contribution in [2.75, 3.05) is 20.3 Å². The Balaban J connectivity index is 1.68. The number of ether oxygens (including phenoxy) is 1. The smallest absolute Gasteiger partial charge is 0.262 e. The number of hydrogen-bond acceptors (Lipinski definition) is 5. The second-order valence-electron chi connectivity index (χ2n) is 7.79. The van der Waals surface area contributed by atoms with Crippen molar-refractivity contribution in [2.24, 2.45) is 5.73 Å². The number of alkyl halides is 1.